The number of nitrogens with two attached hydrogens (primary N) is 1. The monoisotopic (exact) mass is 298 g/mol. The second-order valence-electron chi connectivity index (χ2n) is 6.42. The Balaban J connectivity index is 2.74. The van der Waals surface area contributed by atoms with Crippen molar-refractivity contribution in [3.05, 3.63) is 0 Å². The van der Waals surface area contributed by atoms with Crippen LogP contribution in [0.1, 0.15) is 53.4 Å². The van der Waals surface area contributed by atoms with Crippen molar-refractivity contribution in [2.24, 2.45) is 17.1 Å². The molecule has 0 aromatic heterocycles. The van der Waals surface area contributed by atoms with E-state index < -0.39 is 12.1 Å². The number of Topliss-reactive ketones (excluding diaryl/α,β-unsaturated/α-hetero) is 1. The molecule has 1 fully saturated rings. The van der Waals surface area contributed by atoms with E-state index in [2.05, 4.69) is 5.32 Å². The summed E-state index contributed by atoms with van der Waals surface area (Å²) in [7, 11) is 0. The van der Waals surface area contributed by atoms with Crippen LogP contribution in [0.25, 0.3) is 0 Å². The van der Waals surface area contributed by atoms with Crippen molar-refractivity contribution >= 4 is 11.7 Å². The second kappa shape index (κ2) is 7.90. The van der Waals surface area contributed by atoms with Crippen LogP contribution in [0.3, 0.4) is 0 Å². The number of ketones is 1. The zero-order valence-corrected chi connectivity index (χ0v) is 13.8. The Hall–Kier alpha value is -0.940. The average molecular weight is 298 g/mol. The number of hydrogen-bond acceptors (Lipinski definition) is 4. The molecule has 1 aliphatic rings. The summed E-state index contributed by atoms with van der Waals surface area (Å²) < 4.78 is 5.35. The first-order valence-corrected chi connectivity index (χ1v) is 7.99. The van der Waals surface area contributed by atoms with Crippen molar-refractivity contribution in [2.45, 2.75) is 65.5 Å². The smallest absolute Gasteiger partial charge is 0.238 e. The minimum atomic E-state index is -0.599. The fourth-order valence-corrected chi connectivity index (χ4v) is 3.02. The van der Waals surface area contributed by atoms with E-state index in [1.54, 1.807) is 0 Å². The SMILES string of the molecule is CCC(CC)[C@H](NC(=O)C(N)C1(C)CCOCC1)C(C)=O. The number of ether oxygens (including phenoxy) is 1. The lowest BCUT2D eigenvalue weighted by atomic mass is 9.75. The van der Waals surface area contributed by atoms with Gasteiger partial charge in [0, 0.05) is 13.2 Å². The molecule has 0 aromatic carbocycles. The lowest BCUT2D eigenvalue weighted by Crippen LogP contribution is -2.57. The number of carbonyl (C=O) groups excluding carboxylic acids is 2. The van der Waals surface area contributed by atoms with Gasteiger partial charge in [0.05, 0.1) is 12.1 Å². The number of hydrogen-bond donors (Lipinski definition) is 2. The van der Waals surface area contributed by atoms with Gasteiger partial charge in [0.25, 0.3) is 0 Å². The van der Waals surface area contributed by atoms with Gasteiger partial charge in [-0.25, -0.2) is 0 Å². The summed E-state index contributed by atoms with van der Waals surface area (Å²) >= 11 is 0. The summed E-state index contributed by atoms with van der Waals surface area (Å²) in [5, 5.41) is 2.89. The number of nitrogens with one attached hydrogen (secondary N) is 1. The van der Waals surface area contributed by atoms with Gasteiger partial charge >= 0.3 is 0 Å². The molecule has 0 radical (unpaired) electrons. The lowest BCUT2D eigenvalue weighted by Gasteiger charge is -2.38. The second-order valence-corrected chi connectivity index (χ2v) is 6.42. The van der Waals surface area contributed by atoms with Crippen molar-refractivity contribution in [3.8, 4) is 0 Å². The third kappa shape index (κ3) is 4.51. The summed E-state index contributed by atoms with van der Waals surface area (Å²) in [4.78, 5) is 24.3. The Morgan fingerprint density at radius 3 is 2.19 bits per heavy atom. The van der Waals surface area contributed by atoms with Crippen LogP contribution in [-0.2, 0) is 14.3 Å². The van der Waals surface area contributed by atoms with Crippen LogP contribution in [0.2, 0.25) is 0 Å². The molecule has 0 bridgehead atoms. The van der Waals surface area contributed by atoms with E-state index >= 15 is 0 Å². The highest BCUT2D eigenvalue weighted by Gasteiger charge is 2.39. The molecule has 1 saturated heterocycles. The summed E-state index contributed by atoms with van der Waals surface area (Å²) in [5.41, 5.74) is 5.93. The quantitative estimate of drug-likeness (QED) is 0.748. The molecule has 5 nitrogen and oxygen atoms in total. The van der Waals surface area contributed by atoms with Gasteiger partial charge in [-0.1, -0.05) is 33.6 Å². The normalized spacial score (nSPS) is 20.9. The maximum absolute atomic E-state index is 12.5. The highest BCUT2D eigenvalue weighted by Crippen LogP contribution is 2.32. The zero-order chi connectivity index (χ0) is 16.0. The standard InChI is InChI=1S/C16H30N2O3/c1-5-12(6-2)13(11(3)19)18-15(20)14(17)16(4)7-9-21-10-8-16/h12-14H,5-10,17H2,1-4H3,(H,18,20)/t13-,14?/m1/s1. The van der Waals surface area contributed by atoms with Gasteiger partial charge < -0.3 is 15.8 Å². The highest BCUT2D eigenvalue weighted by molar-refractivity contribution is 5.90. The van der Waals surface area contributed by atoms with E-state index in [1.165, 1.54) is 6.92 Å². The van der Waals surface area contributed by atoms with Crippen LogP contribution in [0.15, 0.2) is 0 Å². The molecule has 1 heterocycles. The van der Waals surface area contributed by atoms with Crippen LogP contribution in [0, 0.1) is 11.3 Å². The van der Waals surface area contributed by atoms with Gasteiger partial charge in [-0.05, 0) is 31.1 Å². The summed E-state index contributed by atoms with van der Waals surface area (Å²) in [6.45, 7) is 8.91. The Bertz CT molecular complexity index is 361. The van der Waals surface area contributed by atoms with E-state index in [9.17, 15) is 9.59 Å². The molecule has 0 saturated carbocycles. The molecule has 2 atom stereocenters. The minimum Gasteiger partial charge on any atom is -0.381 e. The third-order valence-corrected chi connectivity index (χ3v) is 4.92. The molecule has 0 spiro atoms. The molecule has 1 rings (SSSR count). The largest absolute Gasteiger partial charge is 0.381 e. The van der Waals surface area contributed by atoms with Gasteiger partial charge in [-0.3, -0.25) is 9.59 Å². The number of amides is 1. The molecule has 1 amide bonds. The Morgan fingerprint density at radius 1 is 1.24 bits per heavy atom. The molecule has 0 aromatic rings. The molecule has 1 aliphatic heterocycles. The van der Waals surface area contributed by atoms with E-state index in [0.29, 0.717) is 13.2 Å². The molecular weight excluding hydrogens is 268 g/mol. The van der Waals surface area contributed by atoms with Crippen LogP contribution < -0.4 is 11.1 Å². The fourth-order valence-electron chi connectivity index (χ4n) is 3.02. The summed E-state index contributed by atoms with van der Waals surface area (Å²) in [6, 6.07) is -1.03. The molecule has 5 heteroatoms. The van der Waals surface area contributed by atoms with Crippen molar-refractivity contribution in [1.82, 2.24) is 5.32 Å². The van der Waals surface area contributed by atoms with Crippen molar-refractivity contribution in [3.63, 3.8) is 0 Å². The topological polar surface area (TPSA) is 81.4 Å². The van der Waals surface area contributed by atoms with E-state index in [1.807, 2.05) is 20.8 Å². The third-order valence-electron chi connectivity index (χ3n) is 4.92. The van der Waals surface area contributed by atoms with Crippen molar-refractivity contribution in [1.29, 1.82) is 0 Å². The fraction of sp³-hybridized carbons (Fsp3) is 0.875. The predicted molar refractivity (Wildman–Crippen MR) is 82.8 cm³/mol. The van der Waals surface area contributed by atoms with E-state index in [4.69, 9.17) is 10.5 Å². The molecule has 1 unspecified atom stereocenters. The van der Waals surface area contributed by atoms with Crippen LogP contribution in [0.5, 0.6) is 0 Å². The molecule has 21 heavy (non-hydrogen) atoms. The van der Waals surface area contributed by atoms with Crippen molar-refractivity contribution in [2.75, 3.05) is 13.2 Å². The van der Waals surface area contributed by atoms with Crippen LogP contribution in [0.4, 0.5) is 0 Å². The van der Waals surface area contributed by atoms with Crippen LogP contribution in [-0.4, -0.2) is 37.0 Å². The minimum absolute atomic E-state index is 0.00128. The highest BCUT2D eigenvalue weighted by atomic mass is 16.5. The molecular formula is C16H30N2O3. The van der Waals surface area contributed by atoms with Gasteiger partial charge in [0.15, 0.2) is 5.78 Å². The zero-order valence-electron chi connectivity index (χ0n) is 13.8. The maximum Gasteiger partial charge on any atom is 0.238 e. The summed E-state index contributed by atoms with van der Waals surface area (Å²) in [6.07, 6.45) is 3.28. The Labute approximate surface area is 128 Å². The molecule has 3 N–H and O–H groups in total. The van der Waals surface area contributed by atoms with E-state index in [-0.39, 0.29) is 23.0 Å². The first kappa shape index (κ1) is 18.1. The molecule has 0 aliphatic carbocycles. The van der Waals surface area contributed by atoms with Gasteiger partial charge in [-0.2, -0.15) is 0 Å². The molecule has 122 valence electrons. The van der Waals surface area contributed by atoms with E-state index in [0.717, 1.165) is 25.7 Å². The summed E-state index contributed by atoms with van der Waals surface area (Å²) in [5.74, 6) is -0.0472. The average Bonchev–Trinajstić information content (AvgIpc) is 2.47. The van der Waals surface area contributed by atoms with Gasteiger partial charge in [0.1, 0.15) is 0 Å². The lowest BCUT2D eigenvalue weighted by molar-refractivity contribution is -0.132. The number of carbonyl (C=O) groups is 2. The Morgan fingerprint density at radius 2 is 1.76 bits per heavy atom. The first-order chi connectivity index (χ1) is 9.85. The van der Waals surface area contributed by atoms with Crippen LogP contribution >= 0.6 is 0 Å². The van der Waals surface area contributed by atoms with Crippen molar-refractivity contribution < 1.29 is 14.3 Å². The number of rotatable bonds is 7. The Kier molecular flexibility index (Phi) is 6.81. The maximum atomic E-state index is 12.5. The van der Waals surface area contributed by atoms with Gasteiger partial charge in [0.2, 0.25) is 5.91 Å². The predicted octanol–water partition coefficient (Wildman–Crippen LogP) is 1.64. The van der Waals surface area contributed by atoms with Gasteiger partial charge in [-0.15, -0.1) is 0 Å². The first-order valence-electron chi connectivity index (χ1n) is 7.99.